The first-order valence-corrected chi connectivity index (χ1v) is 33.7. The highest BCUT2D eigenvalue weighted by Gasteiger charge is 2.47. The number of ether oxygens (including phenoxy) is 1. The van der Waals surface area contributed by atoms with Gasteiger partial charge in [-0.3, -0.25) is 34.0 Å². The molecule has 21 nitrogen and oxygen atoms in total. The molecule has 0 bridgehead atoms. The second-order valence-corrected chi connectivity index (χ2v) is 26.8. The number of carboxylic acids is 1. The molecule has 9 heterocycles. The van der Waals surface area contributed by atoms with Crippen molar-refractivity contribution in [3.8, 4) is 31.3 Å². The summed E-state index contributed by atoms with van der Waals surface area (Å²) >= 11 is 4.41. The molecule has 3 aromatic carbocycles. The Morgan fingerprint density at radius 3 is 1.49 bits per heavy atom. The minimum Gasteiger partial charge on any atom is -0.478 e. The highest BCUT2D eigenvalue weighted by Crippen LogP contribution is 2.34. The molecule has 31 heteroatoms. The van der Waals surface area contributed by atoms with Crippen LogP contribution in [0.15, 0.2) is 163 Å². The van der Waals surface area contributed by atoms with E-state index in [0.29, 0.717) is 24.2 Å². The first kappa shape index (κ1) is 72.3. The molecule has 0 radical (unpaired) electrons. The van der Waals surface area contributed by atoms with Crippen molar-refractivity contribution in [1.82, 2.24) is 60.8 Å². The van der Waals surface area contributed by atoms with E-state index in [9.17, 15) is 53.9 Å². The van der Waals surface area contributed by atoms with Crippen molar-refractivity contribution in [2.24, 2.45) is 0 Å². The van der Waals surface area contributed by atoms with Gasteiger partial charge in [0.25, 0.3) is 11.8 Å². The number of aromatic amines is 3. The van der Waals surface area contributed by atoms with Crippen LogP contribution in [0.5, 0.6) is 0 Å². The second kappa shape index (κ2) is 33.2. The summed E-state index contributed by atoms with van der Waals surface area (Å²) in [7, 11) is -5.35. The van der Waals surface area contributed by atoms with E-state index in [1.54, 1.807) is 68.9 Å². The molecule has 6 N–H and O–H groups in total. The Hall–Kier alpha value is -8.56. The fourth-order valence-electron chi connectivity index (χ4n) is 10.0. The van der Waals surface area contributed by atoms with Gasteiger partial charge < -0.3 is 35.2 Å². The fraction of sp³-hybridized carbons (Fsp3) is 0.328. The number of rotatable bonds is 12. The monoisotopic (exact) mass is 1390 g/mol. The Kier molecular flexibility index (Phi) is 25.3. The molecule has 3 aliphatic rings. The molecular weight excluding hydrogens is 1320 g/mol. The number of amides is 3. The topological polar surface area (TPSA) is 264 Å². The largest absolute Gasteiger partial charge is 0.523 e. The van der Waals surface area contributed by atoms with Crippen LogP contribution in [0.3, 0.4) is 0 Å². The van der Waals surface area contributed by atoms with E-state index in [0.717, 1.165) is 75.6 Å². The third-order valence-corrected chi connectivity index (χ3v) is 18.5. The maximum Gasteiger partial charge on any atom is 0.523 e. The van der Waals surface area contributed by atoms with Gasteiger partial charge in [-0.1, -0.05) is 91.0 Å². The van der Waals surface area contributed by atoms with E-state index in [2.05, 4.69) is 69.7 Å². The van der Waals surface area contributed by atoms with Crippen LogP contribution in [-0.2, 0) is 19.0 Å². The van der Waals surface area contributed by atoms with Crippen LogP contribution in [0.1, 0.15) is 93.6 Å². The average molecular weight is 1390 g/mol. The first-order valence-electron chi connectivity index (χ1n) is 29.7. The highest BCUT2D eigenvalue weighted by atomic mass is 32.2. The van der Waals surface area contributed by atoms with Gasteiger partial charge in [0, 0.05) is 125 Å². The number of benzene rings is 3. The molecule has 3 aliphatic heterocycles. The van der Waals surface area contributed by atoms with Gasteiger partial charge in [0.1, 0.15) is 5.60 Å². The van der Waals surface area contributed by atoms with Crippen molar-refractivity contribution in [3.05, 3.63) is 196 Å². The molecule has 12 rings (SSSR count). The summed E-state index contributed by atoms with van der Waals surface area (Å²) in [5.41, 5.74) is 1.89. The Labute approximate surface area is 556 Å². The van der Waals surface area contributed by atoms with Gasteiger partial charge in [-0.2, -0.15) is 50.1 Å². The van der Waals surface area contributed by atoms with Crippen molar-refractivity contribution in [2.45, 2.75) is 63.1 Å². The number of nitrogens with zero attached hydrogens (tertiary/aromatic N) is 7. The average Bonchev–Trinajstić information content (AvgIpc) is 1.80. The lowest BCUT2D eigenvalue weighted by atomic mass is 10.0. The smallest absolute Gasteiger partial charge is 0.478 e. The van der Waals surface area contributed by atoms with Gasteiger partial charge in [-0.15, -0.1) is 34.0 Å². The Morgan fingerprint density at radius 2 is 1.07 bits per heavy atom. The lowest BCUT2D eigenvalue weighted by Gasteiger charge is -2.41. The van der Waals surface area contributed by atoms with Crippen molar-refractivity contribution in [2.75, 3.05) is 72.1 Å². The van der Waals surface area contributed by atoms with E-state index >= 15 is 0 Å². The molecule has 3 fully saturated rings. The van der Waals surface area contributed by atoms with Gasteiger partial charge in [-0.05, 0) is 62.6 Å². The zero-order chi connectivity index (χ0) is 68.3. The number of nitrogens with one attached hydrogen (secondary N) is 5. The van der Waals surface area contributed by atoms with Crippen molar-refractivity contribution in [3.63, 3.8) is 0 Å². The molecular formula is C64H70F6N12O9S4. The SMILES string of the molecule is CC(C)(C)OC(=O)N1CCNC(c2ccccc2)C1.CCOS(=O)(=O)C(F)(F)F.O=C(O)c1csc(-c2cn[nH]c2)c1.O=C(c1csc(-c2cn[nH]c2)c1)N1CCN(CC(F)(F)F)CC1c1ccccc1.O=C(c1csc(-c2cn[nH]c2)c1)N1CCNCC1c1ccccc1. The van der Waals surface area contributed by atoms with Gasteiger partial charge in [0.05, 0.1) is 66.6 Å². The highest BCUT2D eigenvalue weighted by molar-refractivity contribution is 7.87. The molecule has 0 saturated carbocycles. The first-order chi connectivity index (χ1) is 45.3. The number of aromatic carboxylic acids is 1. The normalized spacial score (nSPS) is 16.9. The molecule has 9 aromatic rings. The lowest BCUT2D eigenvalue weighted by molar-refractivity contribution is -0.150. The lowest BCUT2D eigenvalue weighted by Crippen LogP contribution is -2.52. The van der Waals surface area contributed by atoms with Crippen LogP contribution >= 0.6 is 34.0 Å². The summed E-state index contributed by atoms with van der Waals surface area (Å²) in [5.74, 6) is -0.973. The van der Waals surface area contributed by atoms with Gasteiger partial charge in [0.2, 0.25) is 0 Å². The van der Waals surface area contributed by atoms with Gasteiger partial charge >= 0.3 is 33.9 Å². The summed E-state index contributed by atoms with van der Waals surface area (Å²) in [6.45, 7) is 10.4. The minimum atomic E-state index is -5.35. The number of carboxylic acid groups (broad SMARTS) is 1. The third-order valence-electron chi connectivity index (χ3n) is 14.5. The number of thiophene rings is 3. The minimum absolute atomic E-state index is 0.0738. The van der Waals surface area contributed by atoms with Crippen LogP contribution in [0, 0.1) is 0 Å². The Balaban J connectivity index is 0.000000159. The number of hydrogen-bond donors (Lipinski definition) is 6. The van der Waals surface area contributed by atoms with Crippen molar-refractivity contribution >= 4 is 68.0 Å². The summed E-state index contributed by atoms with van der Waals surface area (Å²) in [4.78, 5) is 58.6. The number of carbonyl (C=O) groups is 4. The Morgan fingerprint density at radius 1 is 0.611 bits per heavy atom. The zero-order valence-corrected chi connectivity index (χ0v) is 55.1. The number of hydrogen-bond acceptors (Lipinski definition) is 17. The van der Waals surface area contributed by atoms with Crippen molar-refractivity contribution in [1.29, 1.82) is 0 Å². The van der Waals surface area contributed by atoms with Gasteiger partial charge in [0.15, 0.2) is 0 Å². The fourth-order valence-corrected chi connectivity index (χ4v) is 13.1. The summed E-state index contributed by atoms with van der Waals surface area (Å²) in [6.07, 6.45) is 5.96. The summed E-state index contributed by atoms with van der Waals surface area (Å²) in [6, 6.07) is 34.9. The molecule has 0 spiro atoms. The summed E-state index contributed by atoms with van der Waals surface area (Å²) in [5, 5.41) is 40.8. The standard InChI is InChI=1S/C20H19F3N4OS.C18H18N4OS.C15H22N2O2.C8H6N2O2S.C3H5F3O3S/c21-20(22,23)13-26-6-7-27(17(11-26)14-4-2-1-3-5-14)19(28)15-8-18(29-12-15)16-9-24-25-10-16;23-18(14-8-17(24-12-14)15-9-20-21-10-15)22-7-6-19-11-16(22)13-4-2-1-3-5-13;1-15(2,3)19-14(18)17-10-9-16-13(11-17)12-7-5-4-6-8-12;11-8(12)5-1-7(13-4-5)6-2-9-10-3-6;1-2-9-10(7,8)3(4,5)6/h1-5,8-10,12,17H,6-7,11,13H2,(H,24,25);1-5,8-10,12,16,19H,6-7,11H2,(H,20,21);4-8,13,16H,9-11H2,1-3H3;1-4H,(H,9,10)(H,11,12);2H2,1H3. The number of alkyl halides is 6. The third kappa shape index (κ3) is 21.0. The van der Waals surface area contributed by atoms with E-state index in [-0.39, 0.29) is 49.6 Å². The number of piperazine rings is 3. The molecule has 3 amide bonds. The van der Waals surface area contributed by atoms with Crippen LogP contribution in [0.25, 0.3) is 31.3 Å². The molecule has 3 atom stereocenters. The maximum absolute atomic E-state index is 13.2. The van der Waals surface area contributed by atoms with Crippen molar-refractivity contribution < 1.29 is 68.0 Å². The Bertz CT molecular complexity index is 3950. The molecule has 3 saturated heterocycles. The number of H-pyrrole nitrogens is 3. The van der Waals surface area contributed by atoms with Crippen LogP contribution in [0.2, 0.25) is 0 Å². The van der Waals surface area contributed by atoms with Crippen LogP contribution in [-0.4, -0.2) is 177 Å². The molecule has 3 unspecified atom stereocenters. The molecule has 95 heavy (non-hydrogen) atoms. The molecule has 506 valence electrons. The number of halogens is 6. The van der Waals surface area contributed by atoms with E-state index in [1.165, 1.54) is 38.7 Å². The van der Waals surface area contributed by atoms with E-state index in [4.69, 9.17) is 9.84 Å². The summed E-state index contributed by atoms with van der Waals surface area (Å²) < 4.78 is 101. The number of carbonyl (C=O) groups excluding carboxylic acids is 3. The maximum atomic E-state index is 13.2. The molecule has 6 aromatic heterocycles. The van der Waals surface area contributed by atoms with Crippen LogP contribution in [0.4, 0.5) is 31.1 Å². The zero-order valence-electron chi connectivity index (χ0n) is 51.8. The molecule has 0 aliphatic carbocycles. The van der Waals surface area contributed by atoms with Crippen LogP contribution < -0.4 is 10.6 Å². The van der Waals surface area contributed by atoms with Gasteiger partial charge in [-0.25, -0.2) is 9.59 Å². The number of aromatic nitrogens is 6. The quantitative estimate of drug-likeness (QED) is 0.0377. The predicted molar refractivity (Wildman–Crippen MR) is 350 cm³/mol. The van der Waals surface area contributed by atoms with E-state index < -0.39 is 52.6 Å². The second-order valence-electron chi connectivity index (χ2n) is 22.4. The predicted octanol–water partition coefficient (Wildman–Crippen LogP) is 12.4. The van der Waals surface area contributed by atoms with E-state index in [1.807, 2.05) is 116 Å².